The largest absolute Gasteiger partial charge is 0.486 e. The first kappa shape index (κ1) is 16.4. The summed E-state index contributed by atoms with van der Waals surface area (Å²) in [6.45, 7) is 6.94. The highest BCUT2D eigenvalue weighted by atomic mass is 16.6. The lowest BCUT2D eigenvalue weighted by atomic mass is 10.1. The fourth-order valence-corrected chi connectivity index (χ4v) is 3.59. The highest BCUT2D eigenvalue weighted by Gasteiger charge is 2.27. The molecule has 6 nitrogen and oxygen atoms in total. The highest BCUT2D eigenvalue weighted by Crippen LogP contribution is 2.31. The number of hydrogen-bond donors (Lipinski definition) is 0. The van der Waals surface area contributed by atoms with Gasteiger partial charge in [0.15, 0.2) is 11.5 Å². The fraction of sp³-hybridized carbons (Fsp3) is 0.526. The summed E-state index contributed by atoms with van der Waals surface area (Å²) >= 11 is 0. The Hall–Kier alpha value is -2.05. The van der Waals surface area contributed by atoms with Crippen molar-refractivity contribution in [3.8, 4) is 11.5 Å². The van der Waals surface area contributed by atoms with Gasteiger partial charge in [0.2, 0.25) is 5.89 Å². The van der Waals surface area contributed by atoms with Crippen molar-refractivity contribution in [2.75, 3.05) is 33.4 Å². The molecule has 3 heterocycles. The minimum Gasteiger partial charge on any atom is -0.486 e. The van der Waals surface area contributed by atoms with Crippen LogP contribution >= 0.6 is 0 Å². The lowest BCUT2D eigenvalue weighted by Crippen LogP contribution is -2.36. The molecule has 4 rings (SSSR count). The second-order valence-electron chi connectivity index (χ2n) is 6.95. The summed E-state index contributed by atoms with van der Waals surface area (Å²) in [7, 11) is 2.18. The monoisotopic (exact) mass is 343 g/mol. The quantitative estimate of drug-likeness (QED) is 0.831. The van der Waals surface area contributed by atoms with Gasteiger partial charge in [-0.25, -0.2) is 4.98 Å². The van der Waals surface area contributed by atoms with E-state index in [4.69, 9.17) is 13.9 Å². The Morgan fingerprint density at radius 1 is 1.20 bits per heavy atom. The summed E-state index contributed by atoms with van der Waals surface area (Å²) < 4.78 is 17.1. The van der Waals surface area contributed by atoms with Gasteiger partial charge < -0.3 is 18.8 Å². The minimum absolute atomic E-state index is 0.505. The standard InChI is InChI=1S/C19H25N3O3/c1-14-10-20-19(25-14)13-22(16-5-6-21(2)12-16)11-15-3-4-17-18(9-15)24-8-7-23-17/h3-4,9-10,16H,5-8,11-13H2,1-2H3/t16-/m0/s1. The first-order valence-electron chi connectivity index (χ1n) is 8.90. The molecule has 0 radical (unpaired) electrons. The van der Waals surface area contributed by atoms with Crippen molar-refractivity contribution < 1.29 is 13.9 Å². The number of benzene rings is 1. The van der Waals surface area contributed by atoms with E-state index in [0.717, 1.165) is 49.3 Å². The van der Waals surface area contributed by atoms with Crippen molar-refractivity contribution in [2.45, 2.75) is 32.5 Å². The maximum absolute atomic E-state index is 5.73. The molecule has 2 aliphatic rings. The summed E-state index contributed by atoms with van der Waals surface area (Å²) in [5, 5.41) is 0. The number of likely N-dealkylation sites (tertiary alicyclic amines) is 1. The second kappa shape index (κ2) is 7.06. The van der Waals surface area contributed by atoms with E-state index in [1.807, 2.05) is 13.0 Å². The Morgan fingerprint density at radius 2 is 2.04 bits per heavy atom. The number of hydrogen-bond acceptors (Lipinski definition) is 6. The van der Waals surface area contributed by atoms with Gasteiger partial charge in [-0.15, -0.1) is 0 Å². The minimum atomic E-state index is 0.505. The zero-order chi connectivity index (χ0) is 17.2. The number of rotatable bonds is 5. The normalized spacial score (nSPS) is 20.4. The van der Waals surface area contributed by atoms with Crippen LogP contribution in [0.3, 0.4) is 0 Å². The molecule has 1 fully saturated rings. The number of ether oxygens (including phenoxy) is 2. The van der Waals surface area contributed by atoms with Crippen LogP contribution in [0.15, 0.2) is 28.8 Å². The lowest BCUT2D eigenvalue weighted by Gasteiger charge is -2.28. The van der Waals surface area contributed by atoms with Crippen molar-refractivity contribution >= 4 is 0 Å². The summed E-state index contributed by atoms with van der Waals surface area (Å²) in [4.78, 5) is 9.23. The van der Waals surface area contributed by atoms with Gasteiger partial charge in [-0.3, -0.25) is 4.90 Å². The van der Waals surface area contributed by atoms with E-state index in [2.05, 4.69) is 34.0 Å². The highest BCUT2D eigenvalue weighted by molar-refractivity contribution is 5.43. The Kier molecular flexibility index (Phi) is 4.63. The molecule has 0 spiro atoms. The van der Waals surface area contributed by atoms with E-state index in [9.17, 15) is 0 Å². The van der Waals surface area contributed by atoms with Crippen LogP contribution in [-0.4, -0.2) is 54.2 Å². The zero-order valence-corrected chi connectivity index (χ0v) is 14.9. The van der Waals surface area contributed by atoms with E-state index >= 15 is 0 Å². The van der Waals surface area contributed by atoms with Gasteiger partial charge in [0.1, 0.15) is 19.0 Å². The maximum atomic E-state index is 5.73. The van der Waals surface area contributed by atoms with E-state index in [0.29, 0.717) is 19.3 Å². The average molecular weight is 343 g/mol. The molecule has 6 heteroatoms. The van der Waals surface area contributed by atoms with E-state index in [1.165, 1.54) is 12.0 Å². The number of likely N-dealkylation sites (N-methyl/N-ethyl adjacent to an activating group) is 1. The molecule has 0 bridgehead atoms. The van der Waals surface area contributed by atoms with Crippen LogP contribution < -0.4 is 9.47 Å². The Bertz CT molecular complexity index is 730. The second-order valence-corrected chi connectivity index (χ2v) is 6.95. The van der Waals surface area contributed by atoms with Crippen LogP contribution in [0.2, 0.25) is 0 Å². The molecule has 1 aromatic heterocycles. The molecule has 0 amide bonds. The van der Waals surface area contributed by atoms with Gasteiger partial charge in [-0.05, 0) is 44.6 Å². The van der Waals surface area contributed by atoms with Gasteiger partial charge in [0, 0.05) is 19.1 Å². The SMILES string of the molecule is Cc1cnc(CN(Cc2ccc3c(c2)OCCO3)[C@H]2CCN(C)C2)o1. The smallest absolute Gasteiger partial charge is 0.208 e. The van der Waals surface area contributed by atoms with Crippen LogP contribution in [0.1, 0.15) is 23.6 Å². The van der Waals surface area contributed by atoms with E-state index < -0.39 is 0 Å². The van der Waals surface area contributed by atoms with Crippen LogP contribution in [0.5, 0.6) is 11.5 Å². The molecule has 0 N–H and O–H groups in total. The number of aryl methyl sites for hydroxylation is 1. The van der Waals surface area contributed by atoms with Gasteiger partial charge in [-0.1, -0.05) is 6.07 Å². The van der Waals surface area contributed by atoms with Gasteiger partial charge in [0.25, 0.3) is 0 Å². The predicted molar refractivity (Wildman–Crippen MR) is 93.8 cm³/mol. The van der Waals surface area contributed by atoms with Crippen LogP contribution in [-0.2, 0) is 13.1 Å². The molecule has 0 aliphatic carbocycles. The fourth-order valence-electron chi connectivity index (χ4n) is 3.59. The Labute approximate surface area is 148 Å². The van der Waals surface area contributed by atoms with Crippen molar-refractivity contribution in [3.63, 3.8) is 0 Å². The van der Waals surface area contributed by atoms with Gasteiger partial charge in [0.05, 0.1) is 12.7 Å². The molecule has 1 atom stereocenters. The van der Waals surface area contributed by atoms with Crippen LogP contribution in [0.25, 0.3) is 0 Å². The molecule has 25 heavy (non-hydrogen) atoms. The molecule has 0 unspecified atom stereocenters. The molecule has 134 valence electrons. The van der Waals surface area contributed by atoms with Gasteiger partial charge >= 0.3 is 0 Å². The molecule has 2 aromatic rings. The van der Waals surface area contributed by atoms with Crippen molar-refractivity contribution in [1.82, 2.24) is 14.8 Å². The Balaban J connectivity index is 1.53. The lowest BCUT2D eigenvalue weighted by molar-refractivity contribution is 0.160. The number of oxazole rings is 1. The predicted octanol–water partition coefficient (Wildman–Crippen LogP) is 2.46. The average Bonchev–Trinajstić information content (AvgIpc) is 3.22. The van der Waals surface area contributed by atoms with E-state index in [-0.39, 0.29) is 0 Å². The summed E-state index contributed by atoms with van der Waals surface area (Å²) in [5.41, 5.74) is 1.22. The third-order valence-electron chi connectivity index (χ3n) is 4.88. The maximum Gasteiger partial charge on any atom is 0.208 e. The van der Waals surface area contributed by atoms with Crippen molar-refractivity contribution in [1.29, 1.82) is 0 Å². The molecular weight excluding hydrogens is 318 g/mol. The molecule has 0 saturated carbocycles. The number of nitrogens with zero attached hydrogens (tertiary/aromatic N) is 3. The molecular formula is C19H25N3O3. The first-order chi connectivity index (χ1) is 12.2. The summed E-state index contributed by atoms with van der Waals surface area (Å²) in [6.07, 6.45) is 2.96. The first-order valence-corrected chi connectivity index (χ1v) is 8.90. The van der Waals surface area contributed by atoms with Crippen molar-refractivity contribution in [2.24, 2.45) is 0 Å². The van der Waals surface area contributed by atoms with Gasteiger partial charge in [-0.2, -0.15) is 0 Å². The third kappa shape index (κ3) is 3.80. The van der Waals surface area contributed by atoms with Crippen LogP contribution in [0, 0.1) is 6.92 Å². The van der Waals surface area contributed by atoms with E-state index in [1.54, 1.807) is 6.20 Å². The number of aromatic nitrogens is 1. The molecule has 2 aliphatic heterocycles. The number of fused-ring (bicyclic) bond motifs is 1. The summed E-state index contributed by atoms with van der Waals surface area (Å²) in [6, 6.07) is 6.74. The topological polar surface area (TPSA) is 51.0 Å². The van der Waals surface area contributed by atoms with Crippen molar-refractivity contribution in [3.05, 3.63) is 41.6 Å². The van der Waals surface area contributed by atoms with Crippen LogP contribution in [0.4, 0.5) is 0 Å². The Morgan fingerprint density at radius 3 is 2.76 bits per heavy atom. The zero-order valence-electron chi connectivity index (χ0n) is 14.9. The summed E-state index contributed by atoms with van der Waals surface area (Å²) in [5.74, 6) is 3.33. The third-order valence-corrected chi connectivity index (χ3v) is 4.88. The molecule has 1 saturated heterocycles. The molecule has 1 aromatic carbocycles.